The molecule has 0 unspecified atom stereocenters. The third kappa shape index (κ3) is 4.05. The fraction of sp³-hybridized carbons (Fsp3) is 0.556. The van der Waals surface area contributed by atoms with Crippen molar-refractivity contribution in [1.82, 2.24) is 4.90 Å². The Hall–Kier alpha value is -1.66. The van der Waals surface area contributed by atoms with Crippen LogP contribution in [-0.2, 0) is 9.53 Å². The van der Waals surface area contributed by atoms with E-state index in [9.17, 15) is 9.59 Å². The molecule has 0 atom stereocenters. The molecule has 0 aromatic carbocycles. The number of hydrogen-bond donors (Lipinski definition) is 1. The van der Waals surface area contributed by atoms with Crippen molar-refractivity contribution in [1.29, 1.82) is 0 Å². The Morgan fingerprint density at radius 2 is 2.04 bits per heavy atom. The molecule has 1 N–H and O–H groups in total. The molecule has 1 saturated heterocycles. The largest absolute Gasteiger partial charge is 0.465 e. The van der Waals surface area contributed by atoms with Gasteiger partial charge in [0, 0.05) is 0 Å². The molecule has 1 aromatic rings. The fourth-order valence-electron chi connectivity index (χ4n) is 2.86. The minimum atomic E-state index is -0.418. The molecule has 132 valence electrons. The van der Waals surface area contributed by atoms with Gasteiger partial charge in [-0.2, -0.15) is 0 Å². The van der Waals surface area contributed by atoms with Gasteiger partial charge in [0.05, 0.1) is 19.3 Å². The van der Waals surface area contributed by atoms with Gasteiger partial charge in [0.1, 0.15) is 4.88 Å². The van der Waals surface area contributed by atoms with Gasteiger partial charge in [-0.3, -0.25) is 9.69 Å². The van der Waals surface area contributed by atoms with Crippen molar-refractivity contribution in [3.05, 3.63) is 28.0 Å². The lowest BCUT2D eigenvalue weighted by Crippen LogP contribution is -2.42. The molecule has 1 aliphatic rings. The molecule has 1 amide bonds. The number of methoxy groups -OCH3 is 1. The summed E-state index contributed by atoms with van der Waals surface area (Å²) in [6.07, 6.45) is 2.03. The lowest BCUT2D eigenvalue weighted by molar-refractivity contribution is -0.117. The van der Waals surface area contributed by atoms with Gasteiger partial charge in [0.25, 0.3) is 0 Å². The molecular weight excluding hydrogens is 324 g/mol. The number of aryl methyl sites for hydroxylation is 1. The minimum absolute atomic E-state index is 0.0967. The van der Waals surface area contributed by atoms with Crippen LogP contribution < -0.4 is 5.32 Å². The summed E-state index contributed by atoms with van der Waals surface area (Å²) in [4.78, 5) is 26.7. The third-order valence-corrected chi connectivity index (χ3v) is 6.05. The first-order valence-corrected chi connectivity index (χ1v) is 8.99. The SMILES string of the molecule is C=C(C)C1(C)CCN(CC(=O)Nc2c(C)csc2C(=O)OC)CC1. The molecule has 0 bridgehead atoms. The van der Waals surface area contributed by atoms with Crippen molar-refractivity contribution < 1.29 is 14.3 Å². The zero-order valence-electron chi connectivity index (χ0n) is 14.9. The van der Waals surface area contributed by atoms with Crippen molar-refractivity contribution in [3.8, 4) is 0 Å². The van der Waals surface area contributed by atoms with E-state index in [1.54, 1.807) is 0 Å². The molecule has 5 nitrogen and oxygen atoms in total. The van der Waals surface area contributed by atoms with E-state index in [0.29, 0.717) is 17.1 Å². The quantitative estimate of drug-likeness (QED) is 0.653. The number of carbonyl (C=O) groups excluding carboxylic acids is 2. The second-order valence-corrected chi connectivity index (χ2v) is 7.66. The van der Waals surface area contributed by atoms with Crippen LogP contribution in [0.25, 0.3) is 0 Å². The number of esters is 1. The Labute approximate surface area is 147 Å². The van der Waals surface area contributed by atoms with Gasteiger partial charge < -0.3 is 10.1 Å². The number of thiophene rings is 1. The molecule has 1 fully saturated rings. The van der Waals surface area contributed by atoms with Crippen LogP contribution in [0.3, 0.4) is 0 Å². The summed E-state index contributed by atoms with van der Waals surface area (Å²) in [7, 11) is 1.34. The zero-order valence-corrected chi connectivity index (χ0v) is 15.7. The molecule has 0 aliphatic carbocycles. The van der Waals surface area contributed by atoms with Crippen LogP contribution in [0.1, 0.15) is 41.9 Å². The van der Waals surface area contributed by atoms with Crippen molar-refractivity contribution in [2.45, 2.75) is 33.6 Å². The second kappa shape index (κ2) is 7.49. The second-order valence-electron chi connectivity index (χ2n) is 6.78. The third-order valence-electron chi connectivity index (χ3n) is 4.97. The van der Waals surface area contributed by atoms with Crippen LogP contribution in [0.2, 0.25) is 0 Å². The molecule has 6 heteroatoms. The number of likely N-dealkylation sites (tertiary alicyclic amines) is 1. The number of piperidine rings is 1. The van der Waals surface area contributed by atoms with Crippen LogP contribution in [0.4, 0.5) is 5.69 Å². The van der Waals surface area contributed by atoms with E-state index in [0.717, 1.165) is 31.5 Å². The van der Waals surface area contributed by atoms with Gasteiger partial charge in [-0.05, 0) is 56.1 Å². The Bertz CT molecular complexity index is 643. The minimum Gasteiger partial charge on any atom is -0.465 e. The predicted molar refractivity (Wildman–Crippen MR) is 97.6 cm³/mol. The van der Waals surface area contributed by atoms with Crippen molar-refractivity contribution in [2.24, 2.45) is 5.41 Å². The van der Waals surface area contributed by atoms with Crippen LogP contribution in [-0.4, -0.2) is 43.5 Å². The maximum Gasteiger partial charge on any atom is 0.350 e. The molecule has 2 rings (SSSR count). The topological polar surface area (TPSA) is 58.6 Å². The molecule has 24 heavy (non-hydrogen) atoms. The number of ether oxygens (including phenoxy) is 1. The van der Waals surface area contributed by atoms with Crippen molar-refractivity contribution >= 4 is 28.9 Å². The number of nitrogens with zero attached hydrogens (tertiary/aromatic N) is 1. The molecule has 0 spiro atoms. The van der Waals surface area contributed by atoms with Gasteiger partial charge in [-0.15, -0.1) is 11.3 Å². The smallest absolute Gasteiger partial charge is 0.350 e. The number of carbonyl (C=O) groups is 2. The standard InChI is InChI=1S/C18H26N2O3S/c1-12(2)18(4)6-8-20(9-7-18)10-14(21)19-15-13(3)11-24-16(15)17(22)23-5/h11H,1,6-10H2,2-5H3,(H,19,21). The Morgan fingerprint density at radius 1 is 1.42 bits per heavy atom. The van der Waals surface area contributed by atoms with Gasteiger partial charge in [0.15, 0.2) is 0 Å². The van der Waals surface area contributed by atoms with E-state index in [4.69, 9.17) is 4.74 Å². The summed E-state index contributed by atoms with van der Waals surface area (Å²) in [5.74, 6) is -0.515. The summed E-state index contributed by atoms with van der Waals surface area (Å²) in [6, 6.07) is 0. The van der Waals surface area contributed by atoms with Crippen LogP contribution >= 0.6 is 11.3 Å². The zero-order chi connectivity index (χ0) is 17.9. The number of anilines is 1. The first-order chi connectivity index (χ1) is 11.3. The average Bonchev–Trinajstić information content (AvgIpc) is 2.90. The molecule has 2 heterocycles. The Balaban J connectivity index is 1.95. The summed E-state index contributed by atoms with van der Waals surface area (Å²) in [5.41, 5.74) is 2.83. The van der Waals surface area contributed by atoms with Gasteiger partial charge >= 0.3 is 5.97 Å². The monoisotopic (exact) mass is 350 g/mol. The summed E-state index contributed by atoms with van der Waals surface area (Å²) in [5, 5.41) is 4.72. The fourth-order valence-corrected chi connectivity index (χ4v) is 3.78. The van der Waals surface area contributed by atoms with E-state index in [1.165, 1.54) is 24.0 Å². The molecule has 0 radical (unpaired) electrons. The first-order valence-electron chi connectivity index (χ1n) is 8.11. The first kappa shape index (κ1) is 18.7. The lowest BCUT2D eigenvalue weighted by Gasteiger charge is -2.39. The molecule has 0 saturated carbocycles. The number of amides is 1. The Morgan fingerprint density at radius 3 is 2.58 bits per heavy atom. The van der Waals surface area contributed by atoms with E-state index >= 15 is 0 Å². The van der Waals surface area contributed by atoms with E-state index in [1.807, 2.05) is 12.3 Å². The van der Waals surface area contributed by atoms with Gasteiger partial charge in [-0.25, -0.2) is 4.79 Å². The highest BCUT2D eigenvalue weighted by molar-refractivity contribution is 7.12. The summed E-state index contributed by atoms with van der Waals surface area (Å²) in [6.45, 7) is 12.4. The number of hydrogen-bond acceptors (Lipinski definition) is 5. The van der Waals surface area contributed by atoms with Crippen LogP contribution in [0.15, 0.2) is 17.5 Å². The van der Waals surface area contributed by atoms with E-state index in [2.05, 4.69) is 30.6 Å². The van der Waals surface area contributed by atoms with E-state index in [-0.39, 0.29) is 11.3 Å². The van der Waals surface area contributed by atoms with Gasteiger partial charge in [0.2, 0.25) is 5.91 Å². The lowest BCUT2D eigenvalue weighted by atomic mass is 9.75. The summed E-state index contributed by atoms with van der Waals surface area (Å²) < 4.78 is 4.77. The van der Waals surface area contributed by atoms with Crippen molar-refractivity contribution in [3.63, 3.8) is 0 Å². The molecular formula is C18H26N2O3S. The summed E-state index contributed by atoms with van der Waals surface area (Å²) >= 11 is 1.29. The van der Waals surface area contributed by atoms with Crippen LogP contribution in [0.5, 0.6) is 0 Å². The Kier molecular flexibility index (Phi) is 5.83. The van der Waals surface area contributed by atoms with Crippen molar-refractivity contribution in [2.75, 3.05) is 32.1 Å². The average molecular weight is 350 g/mol. The maximum absolute atomic E-state index is 12.4. The number of rotatable bonds is 5. The highest BCUT2D eigenvalue weighted by Crippen LogP contribution is 2.37. The number of nitrogens with one attached hydrogen (secondary N) is 1. The highest BCUT2D eigenvalue weighted by Gasteiger charge is 2.31. The predicted octanol–water partition coefficient (Wildman–Crippen LogP) is 3.46. The van der Waals surface area contributed by atoms with Gasteiger partial charge in [-0.1, -0.05) is 19.1 Å². The number of allylic oxidation sites excluding steroid dienone is 1. The molecule has 1 aliphatic heterocycles. The normalized spacial score (nSPS) is 17.3. The van der Waals surface area contributed by atoms with E-state index < -0.39 is 5.97 Å². The molecule has 1 aromatic heterocycles. The maximum atomic E-state index is 12.4. The highest BCUT2D eigenvalue weighted by atomic mass is 32.1. The van der Waals surface area contributed by atoms with Crippen LogP contribution in [0, 0.1) is 12.3 Å².